The van der Waals surface area contributed by atoms with Crippen LogP contribution in [0, 0.1) is 27.2 Å². The molecule has 0 aliphatic carbocycles. The number of nitro benzene ring substituents is 2. The standard InChI is InChI=1S/C16H15N3O8S/c1-11-7-8-12(18(21)22)9-14(11)17(10-16(20)27-2)28(25,26)15-6-4-3-5-13(15)19(23)24/h3-9H,10H2,1-2H3. The van der Waals surface area contributed by atoms with Crippen molar-refractivity contribution in [2.45, 2.75) is 11.8 Å². The highest BCUT2D eigenvalue weighted by molar-refractivity contribution is 7.93. The van der Waals surface area contributed by atoms with Gasteiger partial charge in [-0.3, -0.25) is 29.3 Å². The number of esters is 1. The summed E-state index contributed by atoms with van der Waals surface area (Å²) in [6, 6.07) is 8.06. The first kappa shape index (κ1) is 20.8. The van der Waals surface area contributed by atoms with Crippen molar-refractivity contribution < 1.29 is 27.8 Å². The number of anilines is 1. The lowest BCUT2D eigenvalue weighted by Gasteiger charge is -2.24. The van der Waals surface area contributed by atoms with E-state index in [2.05, 4.69) is 4.74 Å². The van der Waals surface area contributed by atoms with Gasteiger partial charge in [0.15, 0.2) is 4.90 Å². The van der Waals surface area contributed by atoms with Gasteiger partial charge in [0.2, 0.25) is 0 Å². The van der Waals surface area contributed by atoms with E-state index >= 15 is 0 Å². The van der Waals surface area contributed by atoms with Gasteiger partial charge >= 0.3 is 5.97 Å². The Labute approximate surface area is 159 Å². The van der Waals surface area contributed by atoms with Crippen LogP contribution in [0.5, 0.6) is 0 Å². The van der Waals surface area contributed by atoms with Crippen LogP contribution in [0.15, 0.2) is 47.4 Å². The van der Waals surface area contributed by atoms with Crippen molar-refractivity contribution in [3.8, 4) is 0 Å². The molecule has 0 bridgehead atoms. The van der Waals surface area contributed by atoms with E-state index in [0.29, 0.717) is 9.87 Å². The van der Waals surface area contributed by atoms with Gasteiger partial charge in [0.05, 0.1) is 22.6 Å². The molecule has 2 aromatic carbocycles. The van der Waals surface area contributed by atoms with Crippen LogP contribution in [0.3, 0.4) is 0 Å². The number of aryl methyl sites for hydroxylation is 1. The number of sulfonamides is 1. The molecule has 28 heavy (non-hydrogen) atoms. The first-order chi connectivity index (χ1) is 13.1. The molecule has 0 atom stereocenters. The zero-order valence-corrected chi connectivity index (χ0v) is 15.6. The minimum absolute atomic E-state index is 0.169. The third-order valence-corrected chi connectivity index (χ3v) is 5.61. The van der Waals surface area contributed by atoms with Crippen LogP contribution in [0.1, 0.15) is 5.56 Å². The predicted octanol–water partition coefficient (Wildman–Crippen LogP) is 2.18. The maximum absolute atomic E-state index is 13.2. The van der Waals surface area contributed by atoms with Gasteiger partial charge in [-0.15, -0.1) is 0 Å². The Kier molecular flexibility index (Phi) is 5.93. The van der Waals surface area contributed by atoms with E-state index in [1.165, 1.54) is 31.2 Å². The second-order valence-corrected chi connectivity index (χ2v) is 7.37. The van der Waals surface area contributed by atoms with E-state index in [9.17, 15) is 33.4 Å². The van der Waals surface area contributed by atoms with E-state index in [1.54, 1.807) is 0 Å². The third kappa shape index (κ3) is 4.06. The largest absolute Gasteiger partial charge is 0.468 e. The molecule has 0 unspecified atom stereocenters. The monoisotopic (exact) mass is 409 g/mol. The molecule has 0 saturated heterocycles. The van der Waals surface area contributed by atoms with E-state index in [4.69, 9.17) is 0 Å². The number of rotatable bonds is 7. The SMILES string of the molecule is COC(=O)CN(c1cc([N+](=O)[O-])ccc1C)S(=O)(=O)c1ccccc1[N+](=O)[O-]. The van der Waals surface area contributed by atoms with Crippen molar-refractivity contribution in [2.24, 2.45) is 0 Å². The second-order valence-electron chi connectivity index (χ2n) is 5.54. The molecular formula is C16H15N3O8S. The molecule has 0 saturated carbocycles. The first-order valence-electron chi connectivity index (χ1n) is 7.67. The quantitative estimate of drug-likeness (QED) is 0.383. The summed E-state index contributed by atoms with van der Waals surface area (Å²) in [6.45, 7) is 0.658. The molecule has 0 radical (unpaired) electrons. The predicted molar refractivity (Wildman–Crippen MR) is 97.5 cm³/mol. The smallest absolute Gasteiger partial charge is 0.326 e. The fourth-order valence-corrected chi connectivity index (χ4v) is 4.03. The molecule has 11 nitrogen and oxygen atoms in total. The molecule has 0 N–H and O–H groups in total. The summed E-state index contributed by atoms with van der Waals surface area (Å²) in [6.07, 6.45) is 0. The first-order valence-corrected chi connectivity index (χ1v) is 9.11. The average Bonchev–Trinajstić information content (AvgIpc) is 2.66. The molecule has 0 spiro atoms. The number of para-hydroxylation sites is 1. The molecule has 0 fully saturated rings. The zero-order chi connectivity index (χ0) is 21.1. The number of nitrogens with zero attached hydrogens (tertiary/aromatic N) is 3. The van der Waals surface area contributed by atoms with Crippen LogP contribution in [0.4, 0.5) is 17.1 Å². The van der Waals surface area contributed by atoms with Crippen LogP contribution in [-0.4, -0.2) is 37.9 Å². The molecule has 2 aromatic rings. The molecule has 0 aliphatic heterocycles. The maximum atomic E-state index is 13.2. The molecule has 2 rings (SSSR count). The zero-order valence-electron chi connectivity index (χ0n) is 14.8. The van der Waals surface area contributed by atoms with Crippen LogP contribution in [0.25, 0.3) is 0 Å². The molecule has 148 valence electrons. The summed E-state index contributed by atoms with van der Waals surface area (Å²) >= 11 is 0. The third-order valence-electron chi connectivity index (χ3n) is 3.80. The van der Waals surface area contributed by atoms with E-state index in [-0.39, 0.29) is 5.69 Å². The Morgan fingerprint density at radius 3 is 2.32 bits per heavy atom. The van der Waals surface area contributed by atoms with Gasteiger partial charge in [-0.2, -0.15) is 0 Å². The van der Waals surface area contributed by atoms with Gasteiger partial charge in [-0.1, -0.05) is 18.2 Å². The average molecular weight is 409 g/mol. The highest BCUT2D eigenvalue weighted by atomic mass is 32.2. The van der Waals surface area contributed by atoms with Crippen molar-refractivity contribution in [3.05, 3.63) is 68.3 Å². The number of benzene rings is 2. The molecule has 0 heterocycles. The number of hydrogen-bond donors (Lipinski definition) is 0. The highest BCUT2D eigenvalue weighted by Crippen LogP contribution is 2.33. The van der Waals surface area contributed by atoms with Crippen molar-refractivity contribution in [2.75, 3.05) is 18.0 Å². The Morgan fingerprint density at radius 2 is 1.75 bits per heavy atom. The van der Waals surface area contributed by atoms with Gasteiger partial charge in [0.1, 0.15) is 6.54 Å². The number of hydrogen-bond acceptors (Lipinski definition) is 8. The molecule has 0 aliphatic rings. The molecule has 12 heteroatoms. The summed E-state index contributed by atoms with van der Waals surface area (Å²) in [7, 11) is -3.59. The molecular weight excluding hydrogens is 394 g/mol. The number of methoxy groups -OCH3 is 1. The lowest BCUT2D eigenvalue weighted by atomic mass is 10.2. The van der Waals surface area contributed by atoms with E-state index in [0.717, 1.165) is 25.3 Å². The number of non-ortho nitro benzene ring substituents is 1. The van der Waals surface area contributed by atoms with Crippen LogP contribution in [0.2, 0.25) is 0 Å². The maximum Gasteiger partial charge on any atom is 0.326 e. The van der Waals surface area contributed by atoms with Crippen LogP contribution < -0.4 is 4.31 Å². The number of nitro groups is 2. The summed E-state index contributed by atoms with van der Waals surface area (Å²) in [5, 5.41) is 22.3. The minimum atomic E-state index is -4.63. The fraction of sp³-hybridized carbons (Fsp3) is 0.188. The van der Waals surface area contributed by atoms with Crippen LogP contribution >= 0.6 is 0 Å². The fourth-order valence-electron chi connectivity index (χ4n) is 2.41. The number of carbonyl (C=O) groups excluding carboxylic acids is 1. The summed E-state index contributed by atoms with van der Waals surface area (Å²) < 4.78 is 31.4. The normalized spacial score (nSPS) is 10.9. The van der Waals surface area contributed by atoms with Crippen LogP contribution in [-0.2, 0) is 19.6 Å². The van der Waals surface area contributed by atoms with Gasteiger partial charge in [-0.25, -0.2) is 8.42 Å². The van der Waals surface area contributed by atoms with Gasteiger partial charge < -0.3 is 4.74 Å². The second kappa shape index (κ2) is 8.00. The molecule has 0 amide bonds. The summed E-state index contributed by atoms with van der Waals surface area (Å²) in [5.41, 5.74) is -0.969. The lowest BCUT2D eigenvalue weighted by Crippen LogP contribution is -2.37. The molecule has 0 aromatic heterocycles. The number of carbonyl (C=O) groups is 1. The van der Waals surface area contributed by atoms with Crippen molar-refractivity contribution in [3.63, 3.8) is 0 Å². The van der Waals surface area contributed by atoms with Gasteiger partial charge in [0, 0.05) is 18.2 Å². The topological polar surface area (TPSA) is 150 Å². The van der Waals surface area contributed by atoms with Crippen molar-refractivity contribution >= 4 is 33.1 Å². The van der Waals surface area contributed by atoms with Crippen molar-refractivity contribution in [1.82, 2.24) is 0 Å². The van der Waals surface area contributed by atoms with Gasteiger partial charge in [0.25, 0.3) is 21.4 Å². The van der Waals surface area contributed by atoms with E-state index in [1.807, 2.05) is 0 Å². The van der Waals surface area contributed by atoms with Gasteiger partial charge in [-0.05, 0) is 18.6 Å². The Hall–Kier alpha value is -3.54. The Bertz CT molecular complexity index is 1050. The van der Waals surface area contributed by atoms with Crippen molar-refractivity contribution in [1.29, 1.82) is 0 Å². The Morgan fingerprint density at radius 1 is 1.11 bits per heavy atom. The summed E-state index contributed by atoms with van der Waals surface area (Å²) in [4.78, 5) is 31.9. The lowest BCUT2D eigenvalue weighted by molar-refractivity contribution is -0.387. The minimum Gasteiger partial charge on any atom is -0.468 e. The number of ether oxygens (including phenoxy) is 1. The Balaban J connectivity index is 2.75. The van der Waals surface area contributed by atoms with E-state index < -0.39 is 48.7 Å². The summed E-state index contributed by atoms with van der Waals surface area (Å²) in [5.74, 6) is -0.951. The highest BCUT2D eigenvalue weighted by Gasteiger charge is 2.34.